The van der Waals surface area contributed by atoms with E-state index in [9.17, 15) is 12.6 Å². The quantitative estimate of drug-likeness (QED) is 0.404. The van der Waals surface area contributed by atoms with Gasteiger partial charge in [0.1, 0.15) is 0 Å². The van der Waals surface area contributed by atoms with Crippen molar-refractivity contribution in [2.45, 2.75) is 11.4 Å². The van der Waals surface area contributed by atoms with Crippen molar-refractivity contribution >= 4 is 21.3 Å². The van der Waals surface area contributed by atoms with E-state index in [4.69, 9.17) is 10.3 Å². The van der Waals surface area contributed by atoms with Gasteiger partial charge in [-0.1, -0.05) is 12.1 Å². The van der Waals surface area contributed by atoms with Gasteiger partial charge in [0.2, 0.25) is 11.3 Å². The molecule has 9 heteroatoms. The predicted molar refractivity (Wildman–Crippen MR) is 58.6 cm³/mol. The van der Waals surface area contributed by atoms with Crippen molar-refractivity contribution in [2.24, 2.45) is 5.73 Å². The Morgan fingerprint density at radius 2 is 1.88 bits per heavy atom. The molecule has 0 aliphatic rings. The fraction of sp³-hybridized carbons (Fsp3) is 0.143. The second-order valence-corrected chi connectivity index (χ2v) is 5.19. The van der Waals surface area contributed by atoms with Crippen LogP contribution in [0.1, 0.15) is 5.56 Å². The SMILES string of the molecule is NCc1ccc(S(=O)(=O)NNS(=O)O)cc1. The van der Waals surface area contributed by atoms with Crippen LogP contribution in [-0.2, 0) is 27.8 Å². The second kappa shape index (κ2) is 5.48. The summed E-state index contributed by atoms with van der Waals surface area (Å²) in [5.74, 6) is 0. The van der Waals surface area contributed by atoms with E-state index >= 15 is 0 Å². The van der Waals surface area contributed by atoms with Crippen LogP contribution in [0.5, 0.6) is 0 Å². The van der Waals surface area contributed by atoms with Crippen LogP contribution in [-0.4, -0.2) is 17.2 Å². The summed E-state index contributed by atoms with van der Waals surface area (Å²) in [4.78, 5) is 3.41. The fourth-order valence-corrected chi connectivity index (χ4v) is 2.29. The lowest BCUT2D eigenvalue weighted by molar-refractivity contribution is 0.535. The first-order valence-electron chi connectivity index (χ1n) is 4.13. The molecule has 1 unspecified atom stereocenters. The summed E-state index contributed by atoms with van der Waals surface area (Å²) in [7, 11) is -3.84. The molecule has 0 saturated carbocycles. The molecule has 0 amide bonds. The van der Waals surface area contributed by atoms with E-state index in [1.807, 2.05) is 0 Å². The summed E-state index contributed by atoms with van der Waals surface area (Å²) in [5.41, 5.74) is 6.15. The summed E-state index contributed by atoms with van der Waals surface area (Å²) in [6.45, 7) is 0.312. The molecule has 7 nitrogen and oxygen atoms in total. The standard InChI is InChI=1S/C7H11N3O4S2/c8-5-6-1-3-7(4-2-6)16(13,14)10-9-15(11)12/h1-4,9-10H,5,8H2,(H,11,12). The van der Waals surface area contributed by atoms with Gasteiger partial charge >= 0.3 is 0 Å². The maximum atomic E-state index is 11.5. The lowest BCUT2D eigenvalue weighted by Crippen LogP contribution is -2.38. The minimum absolute atomic E-state index is 0.0253. The van der Waals surface area contributed by atoms with E-state index in [0.717, 1.165) is 5.56 Å². The molecule has 0 fully saturated rings. The van der Waals surface area contributed by atoms with Crippen LogP contribution >= 0.6 is 0 Å². The van der Waals surface area contributed by atoms with Crippen LogP contribution in [0, 0.1) is 0 Å². The minimum Gasteiger partial charge on any atom is -0.326 e. The van der Waals surface area contributed by atoms with Gasteiger partial charge in [-0.15, -0.1) is 9.66 Å². The first-order chi connectivity index (χ1) is 7.45. The average Bonchev–Trinajstić information content (AvgIpc) is 2.27. The molecular formula is C7H11N3O4S2. The Morgan fingerprint density at radius 3 is 2.31 bits per heavy atom. The van der Waals surface area contributed by atoms with Gasteiger partial charge in [0, 0.05) is 6.54 Å². The van der Waals surface area contributed by atoms with Crippen molar-refractivity contribution in [3.05, 3.63) is 29.8 Å². The van der Waals surface area contributed by atoms with Crippen molar-refractivity contribution in [2.75, 3.05) is 0 Å². The number of nitrogens with two attached hydrogens (primary N) is 1. The number of hydrogen-bond acceptors (Lipinski definition) is 4. The Hall–Kier alpha value is -0.840. The van der Waals surface area contributed by atoms with Gasteiger partial charge in [-0.3, -0.25) is 4.55 Å². The monoisotopic (exact) mass is 265 g/mol. The number of rotatable bonds is 5. The first kappa shape index (κ1) is 13.2. The van der Waals surface area contributed by atoms with Gasteiger partial charge in [-0.2, -0.15) is 0 Å². The molecule has 16 heavy (non-hydrogen) atoms. The van der Waals surface area contributed by atoms with Crippen LogP contribution in [0.3, 0.4) is 0 Å². The van der Waals surface area contributed by atoms with Crippen LogP contribution in [0.2, 0.25) is 0 Å². The minimum atomic E-state index is -3.84. The van der Waals surface area contributed by atoms with E-state index in [2.05, 4.69) is 0 Å². The zero-order valence-electron chi connectivity index (χ0n) is 8.08. The number of benzene rings is 1. The molecule has 1 aromatic carbocycles. The molecule has 0 aromatic heterocycles. The van der Waals surface area contributed by atoms with Gasteiger partial charge in [-0.05, 0) is 17.7 Å². The highest BCUT2D eigenvalue weighted by atomic mass is 32.2. The number of hydrazine groups is 1. The summed E-state index contributed by atoms with van der Waals surface area (Å²) in [6.07, 6.45) is 0. The Bertz CT molecular complexity index is 471. The van der Waals surface area contributed by atoms with Crippen molar-refractivity contribution in [3.8, 4) is 0 Å². The van der Waals surface area contributed by atoms with Gasteiger partial charge in [0.15, 0.2) is 0 Å². The van der Waals surface area contributed by atoms with Crippen LogP contribution in [0.25, 0.3) is 0 Å². The van der Waals surface area contributed by atoms with Gasteiger partial charge < -0.3 is 5.73 Å². The number of nitrogens with one attached hydrogen (secondary N) is 2. The molecule has 0 aliphatic heterocycles. The van der Waals surface area contributed by atoms with Gasteiger partial charge in [0.25, 0.3) is 10.0 Å². The summed E-state index contributed by atoms with van der Waals surface area (Å²) in [6, 6.07) is 5.83. The molecular weight excluding hydrogens is 254 g/mol. The maximum absolute atomic E-state index is 11.5. The van der Waals surface area contributed by atoms with E-state index in [1.54, 1.807) is 21.8 Å². The molecule has 0 spiro atoms. The second-order valence-electron chi connectivity index (χ2n) is 2.80. The maximum Gasteiger partial charge on any atom is 0.254 e. The Kier molecular flexibility index (Phi) is 4.53. The average molecular weight is 265 g/mol. The molecule has 0 aliphatic carbocycles. The van der Waals surface area contributed by atoms with Crippen LogP contribution < -0.4 is 15.4 Å². The van der Waals surface area contributed by atoms with E-state index in [-0.39, 0.29) is 4.90 Å². The van der Waals surface area contributed by atoms with Gasteiger partial charge in [0.05, 0.1) is 4.90 Å². The normalized spacial score (nSPS) is 13.6. The first-order valence-corrected chi connectivity index (χ1v) is 6.72. The van der Waals surface area contributed by atoms with Crippen LogP contribution in [0.15, 0.2) is 29.2 Å². The highest BCUT2D eigenvalue weighted by molar-refractivity contribution is 7.90. The largest absolute Gasteiger partial charge is 0.326 e. The predicted octanol–water partition coefficient (Wildman–Crippen LogP) is -0.935. The number of hydrogen-bond donors (Lipinski definition) is 4. The lowest BCUT2D eigenvalue weighted by Gasteiger charge is -2.05. The molecule has 0 bridgehead atoms. The number of sulfonamides is 1. The third kappa shape index (κ3) is 3.63. The smallest absolute Gasteiger partial charge is 0.254 e. The zero-order valence-corrected chi connectivity index (χ0v) is 9.72. The molecule has 5 N–H and O–H groups in total. The summed E-state index contributed by atoms with van der Waals surface area (Å²) in [5, 5.41) is 0. The fourth-order valence-electron chi connectivity index (χ4n) is 0.954. The molecule has 90 valence electrons. The highest BCUT2D eigenvalue weighted by Crippen LogP contribution is 2.09. The van der Waals surface area contributed by atoms with Crippen molar-refractivity contribution in [1.29, 1.82) is 0 Å². The van der Waals surface area contributed by atoms with E-state index in [0.29, 0.717) is 6.54 Å². The Labute approximate surface area is 95.5 Å². The van der Waals surface area contributed by atoms with Crippen molar-refractivity contribution in [1.82, 2.24) is 9.66 Å². The Balaban J connectivity index is 2.85. The lowest BCUT2D eigenvalue weighted by atomic mass is 10.2. The van der Waals surface area contributed by atoms with Crippen molar-refractivity contribution < 1.29 is 17.2 Å². The molecule has 1 atom stereocenters. The molecule has 0 saturated heterocycles. The zero-order chi connectivity index (χ0) is 12.2. The molecule has 0 radical (unpaired) electrons. The third-order valence-electron chi connectivity index (χ3n) is 1.73. The van der Waals surface area contributed by atoms with E-state index in [1.165, 1.54) is 12.1 Å². The topological polar surface area (TPSA) is 122 Å². The van der Waals surface area contributed by atoms with Gasteiger partial charge in [-0.25, -0.2) is 12.6 Å². The van der Waals surface area contributed by atoms with Crippen molar-refractivity contribution in [3.63, 3.8) is 0 Å². The Morgan fingerprint density at radius 1 is 1.31 bits per heavy atom. The summed E-state index contributed by atoms with van der Waals surface area (Å²) >= 11 is -2.45. The van der Waals surface area contributed by atoms with E-state index < -0.39 is 21.3 Å². The third-order valence-corrected chi connectivity index (χ3v) is 3.40. The van der Waals surface area contributed by atoms with Crippen LogP contribution in [0.4, 0.5) is 0 Å². The summed E-state index contributed by atoms with van der Waals surface area (Å²) < 4.78 is 41.6. The highest BCUT2D eigenvalue weighted by Gasteiger charge is 2.13. The molecule has 0 heterocycles. The molecule has 1 aromatic rings. The molecule has 1 rings (SSSR count).